The van der Waals surface area contributed by atoms with Gasteiger partial charge < -0.3 is 11.1 Å². The number of carbonyl (C=O) groups is 1. The highest BCUT2D eigenvalue weighted by Crippen LogP contribution is 2.38. The second-order valence-electron chi connectivity index (χ2n) is 7.91. The summed E-state index contributed by atoms with van der Waals surface area (Å²) in [6, 6.07) is 10.6. The number of primary amides is 1. The van der Waals surface area contributed by atoms with Gasteiger partial charge >= 0.3 is 0 Å². The van der Waals surface area contributed by atoms with Crippen LogP contribution < -0.4 is 21.9 Å². The molecule has 1 aliphatic carbocycles. The molecule has 29 heavy (non-hydrogen) atoms. The van der Waals surface area contributed by atoms with E-state index in [9.17, 15) is 4.79 Å². The van der Waals surface area contributed by atoms with Gasteiger partial charge in [0.05, 0.1) is 5.39 Å². The van der Waals surface area contributed by atoms with Gasteiger partial charge in [-0.05, 0) is 31.7 Å². The summed E-state index contributed by atoms with van der Waals surface area (Å²) >= 11 is 1.65. The van der Waals surface area contributed by atoms with Gasteiger partial charge in [-0.2, -0.15) is 0 Å². The molecule has 1 aliphatic heterocycles. The van der Waals surface area contributed by atoms with Gasteiger partial charge in [0, 0.05) is 28.9 Å². The fourth-order valence-corrected chi connectivity index (χ4v) is 5.64. The third-order valence-electron chi connectivity index (χ3n) is 6.03. The minimum absolute atomic E-state index is 0.188. The number of thiophene rings is 1. The molecule has 3 aromatic rings. The first-order valence-electron chi connectivity index (χ1n) is 9.98. The molecule has 5 rings (SSSR count). The van der Waals surface area contributed by atoms with Gasteiger partial charge in [0.25, 0.3) is 0 Å². The maximum absolute atomic E-state index is 11.8. The number of nitrogens with one attached hydrogen (secondary N) is 3. The maximum Gasteiger partial charge on any atom is 0.236 e. The summed E-state index contributed by atoms with van der Waals surface area (Å²) in [5, 5.41) is 6.91. The van der Waals surface area contributed by atoms with Gasteiger partial charge in [-0.25, -0.2) is 15.4 Å². The van der Waals surface area contributed by atoms with Crippen molar-refractivity contribution in [2.45, 2.75) is 44.3 Å². The van der Waals surface area contributed by atoms with Crippen LogP contribution in [0.2, 0.25) is 0 Å². The van der Waals surface area contributed by atoms with Gasteiger partial charge in [-0.15, -0.1) is 11.3 Å². The van der Waals surface area contributed by atoms with Crippen molar-refractivity contribution in [2.24, 2.45) is 11.7 Å². The predicted octanol–water partition coefficient (Wildman–Crippen LogP) is 2.58. The number of aromatic nitrogens is 2. The fraction of sp³-hybridized carbons (Fsp3) is 0.381. The number of amides is 1. The predicted molar refractivity (Wildman–Crippen MR) is 115 cm³/mol. The van der Waals surface area contributed by atoms with Crippen LogP contribution in [-0.4, -0.2) is 34.0 Å². The number of hydrogen-bond acceptors (Lipinski definition) is 7. The van der Waals surface area contributed by atoms with Gasteiger partial charge in [-0.1, -0.05) is 30.3 Å². The molecule has 3 heterocycles. The number of nitrogens with two attached hydrogens (primary N) is 1. The van der Waals surface area contributed by atoms with Crippen molar-refractivity contribution in [3.63, 3.8) is 0 Å². The summed E-state index contributed by atoms with van der Waals surface area (Å²) in [6.07, 6.45) is 2.87. The molecule has 150 valence electrons. The average Bonchev–Trinajstić information content (AvgIpc) is 3.32. The lowest BCUT2D eigenvalue weighted by Crippen LogP contribution is -2.44. The van der Waals surface area contributed by atoms with Crippen LogP contribution >= 0.6 is 11.3 Å². The Morgan fingerprint density at radius 3 is 2.83 bits per heavy atom. The first-order valence-corrected chi connectivity index (χ1v) is 10.9. The van der Waals surface area contributed by atoms with Crippen LogP contribution in [0, 0.1) is 12.8 Å². The normalized spacial score (nSPS) is 26.4. The number of rotatable bonds is 4. The number of carbonyl (C=O) groups excluding carboxylic acids is 1. The van der Waals surface area contributed by atoms with Crippen molar-refractivity contribution in [1.82, 2.24) is 20.8 Å². The van der Waals surface area contributed by atoms with Crippen molar-refractivity contribution in [1.29, 1.82) is 0 Å². The fourth-order valence-electron chi connectivity index (χ4n) is 4.65. The summed E-state index contributed by atoms with van der Waals surface area (Å²) < 4.78 is 0. The highest BCUT2D eigenvalue weighted by Gasteiger charge is 2.43. The van der Waals surface area contributed by atoms with Crippen LogP contribution in [0.4, 0.5) is 5.82 Å². The molecule has 1 aromatic carbocycles. The highest BCUT2D eigenvalue weighted by molar-refractivity contribution is 7.17. The van der Waals surface area contributed by atoms with Crippen LogP contribution in [0.1, 0.15) is 25.1 Å². The Bertz CT molecular complexity index is 1050. The van der Waals surface area contributed by atoms with E-state index in [2.05, 4.69) is 38.7 Å². The Labute approximate surface area is 173 Å². The summed E-state index contributed by atoms with van der Waals surface area (Å²) in [4.78, 5) is 22.2. The maximum atomic E-state index is 11.8. The van der Waals surface area contributed by atoms with Gasteiger partial charge in [0.2, 0.25) is 5.91 Å². The van der Waals surface area contributed by atoms with E-state index in [1.165, 1.54) is 0 Å². The molecule has 1 saturated heterocycles. The molecule has 0 radical (unpaired) electrons. The molecule has 5 N–H and O–H groups in total. The molecule has 0 bridgehead atoms. The van der Waals surface area contributed by atoms with Crippen LogP contribution in [-0.2, 0) is 4.79 Å². The highest BCUT2D eigenvalue weighted by atomic mass is 32.1. The van der Waals surface area contributed by atoms with Crippen molar-refractivity contribution in [2.75, 3.05) is 5.32 Å². The molecule has 2 aliphatic rings. The molecule has 8 heteroatoms. The van der Waals surface area contributed by atoms with Crippen LogP contribution in [0.5, 0.6) is 0 Å². The Hall–Kier alpha value is -2.55. The summed E-state index contributed by atoms with van der Waals surface area (Å²) in [6.45, 7) is 1.93. The zero-order valence-corrected chi connectivity index (χ0v) is 17.0. The van der Waals surface area contributed by atoms with Crippen molar-refractivity contribution < 1.29 is 4.79 Å². The molecule has 4 atom stereocenters. The SMILES string of the molecule is Cc1nc(NC2CCC3NNC(C(N)=O)C3C2)c2c(-c3ccccc3)csc2n1. The van der Waals surface area contributed by atoms with E-state index in [1.54, 1.807) is 11.3 Å². The lowest BCUT2D eigenvalue weighted by Gasteiger charge is -2.33. The molecule has 0 spiro atoms. The second-order valence-corrected chi connectivity index (χ2v) is 8.77. The third kappa shape index (κ3) is 3.37. The van der Waals surface area contributed by atoms with E-state index in [0.717, 1.165) is 52.2 Å². The van der Waals surface area contributed by atoms with Crippen molar-refractivity contribution in [3.05, 3.63) is 41.5 Å². The standard InChI is InChI=1S/C21H24N6OS/c1-11-23-20(17-15(10-29-21(17)24-11)12-5-3-2-4-6-12)25-13-7-8-16-14(9-13)18(19(22)28)27-26-16/h2-6,10,13-14,16,18,26-27H,7-9H2,1H3,(H2,22,28)(H,23,24,25). The number of benzene rings is 1. The Balaban J connectivity index is 1.47. The molecule has 4 unspecified atom stereocenters. The zero-order valence-electron chi connectivity index (χ0n) is 16.2. The number of hydrogen-bond donors (Lipinski definition) is 4. The van der Waals surface area contributed by atoms with E-state index >= 15 is 0 Å². The van der Waals surface area contributed by atoms with Crippen LogP contribution in [0.3, 0.4) is 0 Å². The Kier molecular flexibility index (Phi) is 4.69. The van der Waals surface area contributed by atoms with Crippen molar-refractivity contribution in [3.8, 4) is 11.1 Å². The van der Waals surface area contributed by atoms with E-state index in [0.29, 0.717) is 6.04 Å². The van der Waals surface area contributed by atoms with E-state index in [4.69, 9.17) is 10.7 Å². The van der Waals surface area contributed by atoms with E-state index in [1.807, 2.05) is 25.1 Å². The van der Waals surface area contributed by atoms with Gasteiger partial charge in [-0.3, -0.25) is 10.2 Å². The number of hydrazine groups is 1. The number of fused-ring (bicyclic) bond motifs is 2. The average molecular weight is 409 g/mol. The summed E-state index contributed by atoms with van der Waals surface area (Å²) in [5.74, 6) is 1.53. The number of aryl methyl sites for hydroxylation is 1. The first kappa shape index (κ1) is 18.5. The third-order valence-corrected chi connectivity index (χ3v) is 6.90. The minimum atomic E-state index is -0.321. The molecule has 7 nitrogen and oxygen atoms in total. The van der Waals surface area contributed by atoms with Crippen LogP contribution in [0.15, 0.2) is 35.7 Å². The molecule has 2 aromatic heterocycles. The quantitative estimate of drug-likeness (QED) is 0.529. The monoisotopic (exact) mass is 408 g/mol. The summed E-state index contributed by atoms with van der Waals surface area (Å²) in [7, 11) is 0. The molecular formula is C21H24N6OS. The zero-order chi connectivity index (χ0) is 20.0. The second kappa shape index (κ2) is 7.37. The molecular weight excluding hydrogens is 384 g/mol. The molecule has 2 fully saturated rings. The minimum Gasteiger partial charge on any atom is -0.368 e. The van der Waals surface area contributed by atoms with E-state index in [-0.39, 0.29) is 23.9 Å². The molecule has 1 amide bonds. The van der Waals surface area contributed by atoms with Crippen LogP contribution in [0.25, 0.3) is 21.3 Å². The first-order chi connectivity index (χ1) is 14.1. The molecule has 1 saturated carbocycles. The smallest absolute Gasteiger partial charge is 0.236 e. The van der Waals surface area contributed by atoms with E-state index < -0.39 is 0 Å². The number of anilines is 1. The summed E-state index contributed by atoms with van der Waals surface area (Å²) in [5.41, 5.74) is 14.2. The van der Waals surface area contributed by atoms with Gasteiger partial charge in [0.15, 0.2) is 0 Å². The van der Waals surface area contributed by atoms with Gasteiger partial charge in [0.1, 0.15) is 22.5 Å². The Morgan fingerprint density at radius 1 is 1.21 bits per heavy atom. The topological polar surface area (TPSA) is 105 Å². The largest absolute Gasteiger partial charge is 0.368 e. The lowest BCUT2D eigenvalue weighted by molar-refractivity contribution is -0.120. The number of nitrogens with zero attached hydrogens (tertiary/aromatic N) is 2. The Morgan fingerprint density at radius 2 is 2.03 bits per heavy atom. The van der Waals surface area contributed by atoms with Crippen molar-refractivity contribution >= 4 is 33.3 Å². The lowest BCUT2D eigenvalue weighted by atomic mass is 9.79.